The molecule has 0 amide bonds. The number of nitriles is 1. The van der Waals surface area contributed by atoms with Crippen LogP contribution in [0.15, 0.2) is 48.5 Å². The van der Waals surface area contributed by atoms with Crippen molar-refractivity contribution in [2.24, 2.45) is 0 Å². The maximum atomic E-state index is 11.1. The average molecular weight is 418 g/mol. The van der Waals surface area contributed by atoms with Crippen LogP contribution in [0, 0.1) is 45.4 Å². The third-order valence-electron chi connectivity index (χ3n) is 4.87. The number of non-ortho nitro benzene ring substituents is 2. The maximum absolute atomic E-state index is 11.1. The molecule has 0 aliphatic rings. The van der Waals surface area contributed by atoms with Crippen molar-refractivity contribution in [3.63, 3.8) is 0 Å². The lowest BCUT2D eigenvalue weighted by atomic mass is 10.0. The van der Waals surface area contributed by atoms with Crippen molar-refractivity contribution < 1.29 is 14.6 Å². The molecular weight excluding hydrogens is 400 g/mol. The Hall–Kier alpha value is -4.45. The van der Waals surface area contributed by atoms with E-state index < -0.39 is 9.85 Å². The first-order valence-corrected chi connectivity index (χ1v) is 9.15. The first-order valence-electron chi connectivity index (χ1n) is 9.15. The maximum Gasteiger partial charge on any atom is 0.273 e. The summed E-state index contributed by atoms with van der Waals surface area (Å²) < 4.78 is 7.23. The van der Waals surface area contributed by atoms with Crippen LogP contribution in [0.3, 0.4) is 0 Å². The topological polar surface area (TPSA) is 124 Å². The van der Waals surface area contributed by atoms with Gasteiger partial charge in [0.05, 0.1) is 40.4 Å². The van der Waals surface area contributed by atoms with Crippen LogP contribution in [0.1, 0.15) is 22.5 Å². The van der Waals surface area contributed by atoms with Gasteiger partial charge in [0.15, 0.2) is 0 Å². The highest BCUT2D eigenvalue weighted by Gasteiger charge is 2.17. The Morgan fingerprint density at radius 3 is 2.35 bits per heavy atom. The van der Waals surface area contributed by atoms with E-state index in [9.17, 15) is 25.5 Å². The highest BCUT2D eigenvalue weighted by molar-refractivity contribution is 5.90. The lowest BCUT2D eigenvalue weighted by Crippen LogP contribution is -2.03. The molecule has 9 nitrogen and oxygen atoms in total. The van der Waals surface area contributed by atoms with E-state index in [1.54, 1.807) is 18.2 Å². The number of methoxy groups -OCH3 is 1. The molecule has 0 fully saturated rings. The number of nitrogens with zero attached hydrogens (tertiary/aromatic N) is 4. The summed E-state index contributed by atoms with van der Waals surface area (Å²) in [4.78, 5) is 21.1. The molecule has 2 aromatic carbocycles. The van der Waals surface area contributed by atoms with E-state index in [4.69, 9.17) is 4.74 Å². The standard InChI is InChI=1S/C22H18N4O5/c1-14-9-17(10-18(13-23)16-5-4-6-19(11-16)25(27)28)15(2)24(14)21-8-7-20(26(29)30)12-22(21)31-3/h4-12H,1-3H3. The molecular formula is C22H18N4O5. The SMILES string of the molecule is COc1cc([N+](=O)[O-])ccc1-n1c(C)cc(C=C(C#N)c2cccc([N+](=O)[O-])c2)c1C. The van der Waals surface area contributed by atoms with Gasteiger partial charge in [0.25, 0.3) is 11.4 Å². The Bertz CT molecular complexity index is 1270. The van der Waals surface area contributed by atoms with Crippen molar-refractivity contribution in [1.29, 1.82) is 5.26 Å². The molecule has 0 radical (unpaired) electrons. The second kappa shape index (κ2) is 8.51. The number of hydrogen-bond donors (Lipinski definition) is 0. The van der Waals surface area contributed by atoms with Gasteiger partial charge in [0.2, 0.25) is 0 Å². The molecule has 0 unspecified atom stereocenters. The highest BCUT2D eigenvalue weighted by atomic mass is 16.6. The molecule has 3 rings (SSSR count). The molecule has 3 aromatic rings. The second-order valence-corrected chi connectivity index (χ2v) is 6.75. The quantitative estimate of drug-likeness (QED) is 0.316. The molecule has 0 saturated carbocycles. The number of benzene rings is 2. The average Bonchev–Trinajstić information content (AvgIpc) is 3.04. The van der Waals surface area contributed by atoms with Gasteiger partial charge in [0.1, 0.15) is 5.75 Å². The fraction of sp³-hybridized carbons (Fsp3) is 0.136. The van der Waals surface area contributed by atoms with E-state index in [0.29, 0.717) is 17.0 Å². The van der Waals surface area contributed by atoms with Gasteiger partial charge >= 0.3 is 0 Å². The Kier molecular flexibility index (Phi) is 5.83. The monoisotopic (exact) mass is 418 g/mol. The number of aryl methyl sites for hydroxylation is 1. The van der Waals surface area contributed by atoms with Gasteiger partial charge < -0.3 is 9.30 Å². The first-order chi connectivity index (χ1) is 14.8. The van der Waals surface area contributed by atoms with Gasteiger partial charge in [0, 0.05) is 29.6 Å². The van der Waals surface area contributed by atoms with Crippen molar-refractivity contribution >= 4 is 23.0 Å². The third-order valence-corrected chi connectivity index (χ3v) is 4.87. The molecule has 1 heterocycles. The molecule has 31 heavy (non-hydrogen) atoms. The summed E-state index contributed by atoms with van der Waals surface area (Å²) in [5.41, 5.74) is 3.50. The van der Waals surface area contributed by atoms with E-state index in [1.807, 2.05) is 24.5 Å². The smallest absolute Gasteiger partial charge is 0.273 e. The molecule has 0 saturated heterocycles. The van der Waals surface area contributed by atoms with Crippen LogP contribution in [0.5, 0.6) is 5.75 Å². The minimum atomic E-state index is -0.509. The van der Waals surface area contributed by atoms with E-state index in [2.05, 4.69) is 6.07 Å². The van der Waals surface area contributed by atoms with Crippen molar-refractivity contribution in [2.45, 2.75) is 13.8 Å². The zero-order valence-electron chi connectivity index (χ0n) is 17.0. The van der Waals surface area contributed by atoms with Gasteiger partial charge in [-0.1, -0.05) is 12.1 Å². The summed E-state index contributed by atoms with van der Waals surface area (Å²) in [6, 6.07) is 14.2. The number of aromatic nitrogens is 1. The number of allylic oxidation sites excluding steroid dienone is 1. The van der Waals surface area contributed by atoms with Crippen LogP contribution in [0.4, 0.5) is 11.4 Å². The molecule has 0 spiro atoms. The van der Waals surface area contributed by atoms with E-state index in [0.717, 1.165) is 17.0 Å². The van der Waals surface area contributed by atoms with Crippen LogP contribution in [0.2, 0.25) is 0 Å². The first kappa shape index (κ1) is 21.3. The lowest BCUT2D eigenvalue weighted by Gasteiger charge is -2.13. The molecule has 0 N–H and O–H groups in total. The molecule has 0 aliphatic heterocycles. The van der Waals surface area contributed by atoms with Gasteiger partial charge in [-0.05, 0) is 43.2 Å². The van der Waals surface area contributed by atoms with Crippen LogP contribution in [-0.4, -0.2) is 21.5 Å². The van der Waals surface area contributed by atoms with Gasteiger partial charge in [-0.15, -0.1) is 0 Å². The molecule has 0 atom stereocenters. The zero-order valence-corrected chi connectivity index (χ0v) is 17.0. The summed E-state index contributed by atoms with van der Waals surface area (Å²) in [5, 5.41) is 31.8. The predicted molar refractivity (Wildman–Crippen MR) is 115 cm³/mol. The van der Waals surface area contributed by atoms with Crippen LogP contribution >= 0.6 is 0 Å². The summed E-state index contributed by atoms with van der Waals surface area (Å²) in [6.45, 7) is 3.72. The summed E-state index contributed by atoms with van der Waals surface area (Å²) in [5.74, 6) is 0.339. The summed E-state index contributed by atoms with van der Waals surface area (Å²) in [7, 11) is 1.44. The van der Waals surface area contributed by atoms with Crippen molar-refractivity contribution in [3.05, 3.63) is 91.3 Å². The van der Waals surface area contributed by atoms with Gasteiger partial charge in [-0.3, -0.25) is 20.2 Å². The molecule has 1 aromatic heterocycles. The van der Waals surface area contributed by atoms with E-state index in [-0.39, 0.29) is 16.9 Å². The fourth-order valence-corrected chi connectivity index (χ4v) is 3.39. The van der Waals surface area contributed by atoms with Crippen LogP contribution < -0.4 is 4.74 Å². The van der Waals surface area contributed by atoms with Gasteiger partial charge in [-0.25, -0.2) is 0 Å². The predicted octanol–water partition coefficient (Wildman–Crippen LogP) is 4.98. The normalized spacial score (nSPS) is 11.1. The minimum Gasteiger partial charge on any atom is -0.494 e. The molecule has 0 bridgehead atoms. The Labute approximate surface area is 177 Å². The van der Waals surface area contributed by atoms with Crippen molar-refractivity contribution in [2.75, 3.05) is 7.11 Å². The van der Waals surface area contributed by atoms with Crippen molar-refractivity contribution in [3.8, 4) is 17.5 Å². The van der Waals surface area contributed by atoms with Crippen LogP contribution in [0.25, 0.3) is 17.3 Å². The molecule has 156 valence electrons. The lowest BCUT2D eigenvalue weighted by molar-refractivity contribution is -0.385. The highest BCUT2D eigenvalue weighted by Crippen LogP contribution is 2.32. The number of nitro benzene ring substituents is 2. The fourth-order valence-electron chi connectivity index (χ4n) is 3.39. The minimum absolute atomic E-state index is 0.0828. The number of nitro groups is 2. The largest absolute Gasteiger partial charge is 0.494 e. The van der Waals surface area contributed by atoms with Crippen LogP contribution in [-0.2, 0) is 0 Å². The zero-order chi connectivity index (χ0) is 22.7. The Morgan fingerprint density at radius 2 is 1.74 bits per heavy atom. The Morgan fingerprint density at radius 1 is 1.06 bits per heavy atom. The summed E-state index contributed by atoms with van der Waals surface area (Å²) >= 11 is 0. The third kappa shape index (κ3) is 4.13. The summed E-state index contributed by atoms with van der Waals surface area (Å²) in [6.07, 6.45) is 1.66. The number of rotatable bonds is 6. The van der Waals surface area contributed by atoms with Crippen molar-refractivity contribution in [1.82, 2.24) is 4.57 Å². The van der Waals surface area contributed by atoms with E-state index in [1.165, 1.54) is 37.4 Å². The molecule has 0 aliphatic carbocycles. The van der Waals surface area contributed by atoms with E-state index >= 15 is 0 Å². The Balaban J connectivity index is 2.12. The number of ether oxygens (including phenoxy) is 1. The number of hydrogen-bond acceptors (Lipinski definition) is 6. The second-order valence-electron chi connectivity index (χ2n) is 6.75. The molecule has 9 heteroatoms. The van der Waals surface area contributed by atoms with Gasteiger partial charge in [-0.2, -0.15) is 5.26 Å².